The van der Waals surface area contributed by atoms with E-state index in [4.69, 9.17) is 40.5 Å². The third-order valence-corrected chi connectivity index (χ3v) is 4.76. The van der Waals surface area contributed by atoms with Crippen LogP contribution in [0, 0.1) is 13.8 Å². The Hall–Kier alpha value is -1.82. The number of carbonyl (C=O) groups is 1. The molecular formula is C16H16Cl3N4O+. The van der Waals surface area contributed by atoms with E-state index in [1.54, 1.807) is 6.92 Å². The average molecular weight is 387 g/mol. The maximum atomic E-state index is 12.2. The van der Waals surface area contributed by atoms with E-state index in [9.17, 15) is 4.79 Å². The zero-order valence-electron chi connectivity index (χ0n) is 13.3. The van der Waals surface area contributed by atoms with Gasteiger partial charge in [-0.25, -0.2) is 5.43 Å². The van der Waals surface area contributed by atoms with Gasteiger partial charge in [0.05, 0.1) is 11.4 Å². The van der Waals surface area contributed by atoms with E-state index in [-0.39, 0.29) is 26.6 Å². The highest BCUT2D eigenvalue weighted by molar-refractivity contribution is 6.45. The number of nitrogens with zero attached hydrogens (tertiary/aromatic N) is 1. The van der Waals surface area contributed by atoms with Gasteiger partial charge in [-0.2, -0.15) is 10.1 Å². The number of aryl methyl sites for hydroxylation is 2. The minimum atomic E-state index is -0.576. The second-order valence-corrected chi connectivity index (χ2v) is 6.43. The summed E-state index contributed by atoms with van der Waals surface area (Å²) in [6.07, 6.45) is 0. The Morgan fingerprint density at radius 3 is 2.46 bits per heavy atom. The highest BCUT2D eigenvalue weighted by Gasteiger charge is 2.25. The molecule has 0 saturated carbocycles. The summed E-state index contributed by atoms with van der Waals surface area (Å²) in [5.41, 5.74) is 12.0. The van der Waals surface area contributed by atoms with Gasteiger partial charge in [0.1, 0.15) is 10.0 Å². The molecule has 5 nitrogen and oxygen atoms in total. The van der Waals surface area contributed by atoms with E-state index >= 15 is 0 Å². The summed E-state index contributed by atoms with van der Waals surface area (Å²) in [5.74, 6) is -0.576. The summed E-state index contributed by atoms with van der Waals surface area (Å²) in [7, 11) is 0. The topological polar surface area (TPSA) is 81.6 Å². The first-order chi connectivity index (χ1) is 11.2. The van der Waals surface area contributed by atoms with Crippen molar-refractivity contribution in [2.45, 2.75) is 20.8 Å². The Balaban J connectivity index is 2.25. The van der Waals surface area contributed by atoms with E-state index in [1.807, 2.05) is 32.0 Å². The minimum Gasteiger partial charge on any atom is -0.396 e. The molecule has 0 aliphatic carbocycles. The lowest BCUT2D eigenvalue weighted by molar-refractivity contribution is -0.379. The largest absolute Gasteiger partial charge is 0.396 e. The van der Waals surface area contributed by atoms with Gasteiger partial charge in [-0.3, -0.25) is 4.79 Å². The lowest BCUT2D eigenvalue weighted by Gasteiger charge is -2.06. The van der Waals surface area contributed by atoms with E-state index in [0.717, 1.165) is 11.1 Å². The predicted octanol–water partition coefficient (Wildman–Crippen LogP) is 3.81. The second kappa shape index (κ2) is 7.38. The Morgan fingerprint density at radius 2 is 1.83 bits per heavy atom. The molecule has 1 aromatic heterocycles. The number of hydrogen-bond acceptors (Lipinski definition) is 3. The molecule has 0 aliphatic heterocycles. The first-order valence-corrected chi connectivity index (χ1v) is 8.13. The molecule has 0 fully saturated rings. The van der Waals surface area contributed by atoms with Crippen molar-refractivity contribution in [3.05, 3.63) is 55.8 Å². The number of carbonyl (C=O) groups excluding carboxylic acids is 1. The summed E-state index contributed by atoms with van der Waals surface area (Å²) in [6.45, 7) is 5.83. The van der Waals surface area contributed by atoms with Crippen LogP contribution < -0.4 is 16.1 Å². The molecule has 0 unspecified atom stereocenters. The molecule has 2 rings (SSSR count). The number of aromatic amines is 1. The first kappa shape index (κ1) is 18.5. The van der Waals surface area contributed by atoms with Gasteiger partial charge in [0.15, 0.2) is 0 Å². The van der Waals surface area contributed by atoms with Crippen molar-refractivity contribution in [1.29, 1.82) is 0 Å². The molecule has 24 heavy (non-hydrogen) atoms. The number of halogens is 3. The normalized spacial score (nSPS) is 11.5. The second-order valence-electron chi connectivity index (χ2n) is 5.29. The number of aromatic nitrogens is 1. The van der Waals surface area contributed by atoms with Crippen LogP contribution in [-0.4, -0.2) is 11.6 Å². The summed E-state index contributed by atoms with van der Waals surface area (Å²) in [5, 5.41) is 4.16. The number of hydrazone groups is 1. The molecule has 1 aromatic carbocycles. The van der Waals surface area contributed by atoms with Crippen LogP contribution in [0.1, 0.15) is 34.1 Å². The number of benzene rings is 1. The Morgan fingerprint density at radius 1 is 1.17 bits per heavy atom. The molecular weight excluding hydrogens is 371 g/mol. The van der Waals surface area contributed by atoms with Gasteiger partial charge in [0.2, 0.25) is 0 Å². The molecule has 126 valence electrons. The average Bonchev–Trinajstić information content (AvgIpc) is 2.56. The molecule has 2 aromatic rings. The lowest BCUT2D eigenvalue weighted by atomic mass is 10.0. The Labute approximate surface area is 154 Å². The molecule has 1 heterocycles. The molecule has 0 atom stereocenters. The Kier molecular flexibility index (Phi) is 5.70. The molecule has 0 spiro atoms. The van der Waals surface area contributed by atoms with Crippen LogP contribution in [0.15, 0.2) is 23.3 Å². The third kappa shape index (κ3) is 3.80. The van der Waals surface area contributed by atoms with Crippen molar-refractivity contribution >= 4 is 52.1 Å². The fraction of sp³-hybridized carbons (Fsp3) is 0.188. The molecule has 0 bridgehead atoms. The van der Waals surface area contributed by atoms with Gasteiger partial charge in [-0.15, -0.1) is 0 Å². The number of anilines is 1. The van der Waals surface area contributed by atoms with Crippen molar-refractivity contribution < 1.29 is 9.78 Å². The van der Waals surface area contributed by atoms with Gasteiger partial charge in [0.25, 0.3) is 10.8 Å². The first-order valence-electron chi connectivity index (χ1n) is 6.99. The van der Waals surface area contributed by atoms with Crippen molar-refractivity contribution in [1.82, 2.24) is 5.43 Å². The number of H-pyrrole nitrogens is 1. The van der Waals surface area contributed by atoms with E-state index in [2.05, 4.69) is 15.5 Å². The van der Waals surface area contributed by atoms with Crippen LogP contribution in [0.4, 0.5) is 5.69 Å². The van der Waals surface area contributed by atoms with Gasteiger partial charge in [0, 0.05) is 0 Å². The zero-order chi connectivity index (χ0) is 18.0. The predicted molar refractivity (Wildman–Crippen MR) is 98.0 cm³/mol. The van der Waals surface area contributed by atoms with E-state index in [1.165, 1.54) is 5.56 Å². The minimum absolute atomic E-state index is 0.0130. The number of hydrogen-bond donors (Lipinski definition) is 2. The molecule has 4 N–H and O–H groups in total. The lowest BCUT2D eigenvalue weighted by Crippen LogP contribution is -2.29. The maximum Gasteiger partial charge on any atom is 0.337 e. The monoisotopic (exact) mass is 385 g/mol. The van der Waals surface area contributed by atoms with Gasteiger partial charge in [-0.05, 0) is 55.1 Å². The highest BCUT2D eigenvalue weighted by Crippen LogP contribution is 2.31. The van der Waals surface area contributed by atoms with Crippen molar-refractivity contribution in [3.63, 3.8) is 0 Å². The van der Waals surface area contributed by atoms with Crippen LogP contribution in [0.2, 0.25) is 15.2 Å². The fourth-order valence-electron chi connectivity index (χ4n) is 1.95. The summed E-state index contributed by atoms with van der Waals surface area (Å²) in [4.78, 5) is 14.9. The van der Waals surface area contributed by atoms with E-state index in [0.29, 0.717) is 5.71 Å². The highest BCUT2D eigenvalue weighted by atomic mass is 35.5. The number of nitrogens with two attached hydrogens (primary N) is 1. The van der Waals surface area contributed by atoms with Crippen molar-refractivity contribution in [2.75, 3.05) is 5.73 Å². The Bertz CT molecular complexity index is 850. The number of nitrogens with one attached hydrogen (secondary N) is 2. The SMILES string of the molecule is C/C(=N\NC(=O)c1[nH+]c(Cl)c(Cl)c(N)c1Cl)c1ccc(C)c(C)c1. The van der Waals surface area contributed by atoms with Crippen molar-refractivity contribution in [2.24, 2.45) is 5.10 Å². The smallest absolute Gasteiger partial charge is 0.337 e. The van der Waals surface area contributed by atoms with Crippen LogP contribution >= 0.6 is 34.8 Å². The molecule has 8 heteroatoms. The van der Waals surface area contributed by atoms with Gasteiger partial charge in [-0.1, -0.05) is 35.3 Å². The van der Waals surface area contributed by atoms with Crippen LogP contribution in [0.5, 0.6) is 0 Å². The third-order valence-electron chi connectivity index (χ3n) is 3.60. The van der Waals surface area contributed by atoms with Crippen LogP contribution in [0.3, 0.4) is 0 Å². The van der Waals surface area contributed by atoms with E-state index < -0.39 is 5.91 Å². The van der Waals surface area contributed by atoms with Crippen LogP contribution in [0.25, 0.3) is 0 Å². The summed E-state index contributed by atoms with van der Waals surface area (Å²) in [6, 6.07) is 5.93. The molecule has 1 amide bonds. The summed E-state index contributed by atoms with van der Waals surface area (Å²) < 4.78 is 0. The summed E-state index contributed by atoms with van der Waals surface area (Å²) >= 11 is 17.8. The quantitative estimate of drug-likeness (QED) is 0.478. The van der Waals surface area contributed by atoms with Gasteiger partial charge < -0.3 is 5.73 Å². The van der Waals surface area contributed by atoms with Gasteiger partial charge >= 0.3 is 5.91 Å². The maximum absolute atomic E-state index is 12.2. The molecule has 0 saturated heterocycles. The standard InChI is InChI=1S/C16H15Cl3N4O/c1-7-4-5-10(6-8(7)2)9(3)22-23-16(24)14-11(17)13(20)12(18)15(19)21-14/h4-6H,1-3H3,(H2,20,21)(H,23,24)/p+1/b22-9+. The number of pyridine rings is 1. The fourth-order valence-corrected chi connectivity index (χ4v) is 2.56. The number of nitrogen functional groups attached to an aromatic ring is 1. The molecule has 0 aliphatic rings. The zero-order valence-corrected chi connectivity index (χ0v) is 15.6. The van der Waals surface area contributed by atoms with Crippen molar-refractivity contribution in [3.8, 4) is 0 Å². The molecule has 0 radical (unpaired) electrons. The number of rotatable bonds is 3. The number of amides is 1. The van der Waals surface area contributed by atoms with Crippen LogP contribution in [-0.2, 0) is 0 Å².